The number of carbonyl (C=O) groups is 4. The van der Waals surface area contributed by atoms with Crippen LogP contribution in [-0.4, -0.2) is 46.6 Å². The molecule has 27 heavy (non-hydrogen) atoms. The summed E-state index contributed by atoms with van der Waals surface area (Å²) in [6.45, 7) is 8.90. The number of rotatable bonds is 8. The van der Waals surface area contributed by atoms with Gasteiger partial charge in [0.1, 0.15) is 6.54 Å². The Kier molecular flexibility index (Phi) is 6.50. The fraction of sp³-hybridized carbons (Fsp3) is 0.400. The van der Waals surface area contributed by atoms with Crippen LogP contribution in [0.1, 0.15) is 37.9 Å². The summed E-state index contributed by atoms with van der Waals surface area (Å²) >= 11 is 0. The second kappa shape index (κ2) is 8.62. The third-order valence-electron chi connectivity index (χ3n) is 4.48. The molecule has 1 fully saturated rings. The van der Waals surface area contributed by atoms with Crippen molar-refractivity contribution in [2.75, 3.05) is 13.1 Å². The maximum Gasteiger partial charge on any atom is 0.335 e. The number of nitrogens with one attached hydrogen (secondary N) is 1. The van der Waals surface area contributed by atoms with Gasteiger partial charge >= 0.3 is 17.8 Å². The van der Waals surface area contributed by atoms with Crippen molar-refractivity contribution in [2.24, 2.45) is 5.92 Å². The van der Waals surface area contributed by atoms with E-state index in [9.17, 15) is 19.2 Å². The summed E-state index contributed by atoms with van der Waals surface area (Å²) in [5.41, 5.74) is 2.14. The van der Waals surface area contributed by atoms with E-state index >= 15 is 0 Å². The molecule has 0 radical (unpaired) electrons. The maximum atomic E-state index is 12.5. The minimum Gasteiger partial charge on any atom is -0.347 e. The van der Waals surface area contributed by atoms with Gasteiger partial charge in [0.05, 0.1) is 6.04 Å². The Bertz CT molecular complexity index is 755. The van der Waals surface area contributed by atoms with E-state index < -0.39 is 30.3 Å². The molecule has 7 nitrogen and oxygen atoms in total. The van der Waals surface area contributed by atoms with Crippen molar-refractivity contribution in [1.29, 1.82) is 0 Å². The largest absolute Gasteiger partial charge is 0.347 e. The molecule has 1 heterocycles. The van der Waals surface area contributed by atoms with Crippen molar-refractivity contribution in [1.82, 2.24) is 15.1 Å². The van der Waals surface area contributed by atoms with Gasteiger partial charge in [-0.3, -0.25) is 19.3 Å². The predicted octanol–water partition coefficient (Wildman–Crippen LogP) is 2.04. The second-order valence-electron chi connectivity index (χ2n) is 6.76. The van der Waals surface area contributed by atoms with Gasteiger partial charge in [-0.05, 0) is 23.5 Å². The molecule has 0 spiro atoms. The molecule has 1 N–H and O–H groups in total. The van der Waals surface area contributed by atoms with Gasteiger partial charge in [0.15, 0.2) is 0 Å². The number of hydrogen-bond acceptors (Lipinski definition) is 4. The van der Waals surface area contributed by atoms with Crippen LogP contribution in [0.25, 0.3) is 0 Å². The van der Waals surface area contributed by atoms with Crippen LogP contribution in [0.2, 0.25) is 0 Å². The third-order valence-corrected chi connectivity index (χ3v) is 4.48. The predicted molar refractivity (Wildman–Crippen MR) is 101 cm³/mol. The molecule has 1 saturated heterocycles. The lowest BCUT2D eigenvalue weighted by Crippen LogP contribution is -2.43. The fourth-order valence-electron chi connectivity index (χ4n) is 2.94. The number of urea groups is 1. The van der Waals surface area contributed by atoms with Gasteiger partial charge in [-0.1, -0.05) is 51.1 Å². The fourth-order valence-corrected chi connectivity index (χ4v) is 2.94. The summed E-state index contributed by atoms with van der Waals surface area (Å²) < 4.78 is 0. The zero-order valence-corrected chi connectivity index (χ0v) is 15.9. The van der Waals surface area contributed by atoms with Gasteiger partial charge in [0.25, 0.3) is 0 Å². The Morgan fingerprint density at radius 2 is 1.70 bits per heavy atom. The van der Waals surface area contributed by atoms with Crippen LogP contribution in [0, 0.1) is 5.92 Å². The molecule has 1 aliphatic heterocycles. The average Bonchev–Trinajstić information content (AvgIpc) is 2.84. The number of hydrogen-bond donors (Lipinski definition) is 1. The zero-order chi connectivity index (χ0) is 20.1. The molecule has 0 saturated carbocycles. The summed E-state index contributed by atoms with van der Waals surface area (Å²) in [5, 5.41) is 2.86. The first-order valence-corrected chi connectivity index (χ1v) is 8.96. The van der Waals surface area contributed by atoms with Crippen LogP contribution in [0.4, 0.5) is 4.79 Å². The molecule has 2 rings (SSSR count). The number of nitrogens with zero attached hydrogens (tertiary/aromatic N) is 2. The van der Waals surface area contributed by atoms with Crippen LogP contribution >= 0.6 is 0 Å². The summed E-state index contributed by atoms with van der Waals surface area (Å²) in [4.78, 5) is 49.9. The van der Waals surface area contributed by atoms with Crippen LogP contribution in [0.5, 0.6) is 0 Å². The lowest BCUT2D eigenvalue weighted by atomic mass is 9.95. The molecule has 0 aliphatic carbocycles. The van der Waals surface area contributed by atoms with Crippen molar-refractivity contribution in [3.05, 3.63) is 48.0 Å². The van der Waals surface area contributed by atoms with Crippen molar-refractivity contribution in [3.63, 3.8) is 0 Å². The highest BCUT2D eigenvalue weighted by atomic mass is 16.2. The van der Waals surface area contributed by atoms with Crippen molar-refractivity contribution >= 4 is 23.8 Å². The first kappa shape index (κ1) is 20.4. The van der Waals surface area contributed by atoms with Crippen molar-refractivity contribution < 1.29 is 19.2 Å². The van der Waals surface area contributed by atoms with E-state index in [-0.39, 0.29) is 18.5 Å². The minimum absolute atomic E-state index is 0.0695. The van der Waals surface area contributed by atoms with Gasteiger partial charge < -0.3 is 5.32 Å². The first-order chi connectivity index (χ1) is 12.8. The van der Waals surface area contributed by atoms with Gasteiger partial charge in [-0.15, -0.1) is 6.58 Å². The summed E-state index contributed by atoms with van der Waals surface area (Å²) in [7, 11) is 0. The number of amides is 5. The molecule has 0 unspecified atom stereocenters. The van der Waals surface area contributed by atoms with Crippen LogP contribution in [-0.2, 0) is 20.8 Å². The summed E-state index contributed by atoms with van der Waals surface area (Å²) in [6, 6.07) is 6.88. The molecule has 1 aliphatic rings. The van der Waals surface area contributed by atoms with E-state index in [1.807, 2.05) is 38.1 Å². The maximum absolute atomic E-state index is 12.5. The number of aryl methyl sites for hydroxylation is 1. The van der Waals surface area contributed by atoms with Crippen LogP contribution in [0.3, 0.4) is 0 Å². The van der Waals surface area contributed by atoms with Crippen molar-refractivity contribution in [2.45, 2.75) is 33.2 Å². The summed E-state index contributed by atoms with van der Waals surface area (Å²) in [6.07, 6.45) is 2.27. The quantitative estimate of drug-likeness (QED) is 0.430. The molecule has 1 aromatic carbocycles. The standard InChI is InChI=1S/C20H25N3O4/c1-5-11-22-18(25)19(26)23(20(22)27)12-16(24)21-17(13(3)4)15-9-7-14(6-2)8-10-15/h5,7-10,13,17H,1,6,11-12H2,2-4H3,(H,21,24)/t17-/m1/s1. The monoisotopic (exact) mass is 371 g/mol. The third kappa shape index (κ3) is 4.42. The Hall–Kier alpha value is -2.96. The average molecular weight is 371 g/mol. The Morgan fingerprint density at radius 3 is 2.22 bits per heavy atom. The Labute approximate surface area is 159 Å². The topological polar surface area (TPSA) is 86.8 Å². The molecule has 1 atom stereocenters. The smallest absolute Gasteiger partial charge is 0.335 e. The highest BCUT2D eigenvalue weighted by Gasteiger charge is 2.44. The lowest BCUT2D eigenvalue weighted by Gasteiger charge is -2.24. The molecule has 1 aromatic rings. The van der Waals surface area contributed by atoms with Crippen molar-refractivity contribution in [3.8, 4) is 0 Å². The van der Waals surface area contributed by atoms with Crippen LogP contribution < -0.4 is 5.32 Å². The Balaban J connectivity index is 2.09. The van der Waals surface area contributed by atoms with E-state index in [0.717, 1.165) is 16.9 Å². The number of benzene rings is 1. The zero-order valence-electron chi connectivity index (χ0n) is 15.9. The van der Waals surface area contributed by atoms with E-state index in [2.05, 4.69) is 18.8 Å². The molecule has 5 amide bonds. The SMILES string of the molecule is C=CCN1C(=O)C(=O)N(CC(=O)N[C@@H](c2ccc(CC)cc2)C(C)C)C1=O. The van der Waals surface area contributed by atoms with E-state index in [1.54, 1.807) is 0 Å². The van der Waals surface area contributed by atoms with Crippen LogP contribution in [0.15, 0.2) is 36.9 Å². The normalized spacial score (nSPS) is 15.5. The summed E-state index contributed by atoms with van der Waals surface area (Å²) in [5.74, 6) is -2.33. The molecule has 7 heteroatoms. The molecular formula is C20H25N3O4. The lowest BCUT2D eigenvalue weighted by molar-refractivity contribution is -0.143. The van der Waals surface area contributed by atoms with E-state index in [0.29, 0.717) is 4.90 Å². The van der Waals surface area contributed by atoms with Gasteiger partial charge in [-0.2, -0.15) is 0 Å². The molecule has 144 valence electrons. The van der Waals surface area contributed by atoms with Gasteiger partial charge in [0, 0.05) is 6.54 Å². The first-order valence-electron chi connectivity index (χ1n) is 8.96. The number of imide groups is 2. The molecule has 0 bridgehead atoms. The molecule has 0 aromatic heterocycles. The van der Waals surface area contributed by atoms with Gasteiger partial charge in [0.2, 0.25) is 5.91 Å². The second-order valence-corrected chi connectivity index (χ2v) is 6.76. The minimum atomic E-state index is -0.995. The van der Waals surface area contributed by atoms with Gasteiger partial charge in [-0.25, -0.2) is 9.69 Å². The number of carbonyl (C=O) groups excluding carboxylic acids is 4. The highest BCUT2D eigenvalue weighted by Crippen LogP contribution is 2.22. The Morgan fingerprint density at radius 1 is 1.11 bits per heavy atom. The molecular weight excluding hydrogens is 346 g/mol. The van der Waals surface area contributed by atoms with E-state index in [4.69, 9.17) is 0 Å². The van der Waals surface area contributed by atoms with E-state index in [1.165, 1.54) is 11.6 Å². The highest BCUT2D eigenvalue weighted by molar-refractivity contribution is 6.45.